The molecule has 1 aliphatic rings. The third-order valence-electron chi connectivity index (χ3n) is 4.35. The molecule has 0 radical (unpaired) electrons. The molecule has 0 spiro atoms. The summed E-state index contributed by atoms with van der Waals surface area (Å²) in [6.45, 7) is 2.09. The van der Waals surface area contributed by atoms with Crippen LogP contribution in [0.15, 0.2) is 53.0 Å². The van der Waals surface area contributed by atoms with E-state index in [0.29, 0.717) is 0 Å². The van der Waals surface area contributed by atoms with Crippen LogP contribution in [-0.4, -0.2) is 18.4 Å². The molecule has 0 aliphatic carbocycles. The highest BCUT2D eigenvalue weighted by Gasteiger charge is 2.36. The molecule has 2 atom stereocenters. The van der Waals surface area contributed by atoms with Crippen molar-refractivity contribution in [3.8, 4) is 0 Å². The van der Waals surface area contributed by atoms with Crippen LogP contribution in [0.25, 0.3) is 0 Å². The molecule has 1 fully saturated rings. The first-order valence-electron chi connectivity index (χ1n) is 8.06. The van der Waals surface area contributed by atoms with Crippen LogP contribution in [0.1, 0.15) is 24.9 Å². The van der Waals surface area contributed by atoms with E-state index in [-0.39, 0.29) is 36.5 Å². The summed E-state index contributed by atoms with van der Waals surface area (Å²) in [6.07, 6.45) is 0.0887. The summed E-state index contributed by atoms with van der Waals surface area (Å²) in [5, 5.41) is 2.94. The van der Waals surface area contributed by atoms with E-state index in [2.05, 4.69) is 21.2 Å². The van der Waals surface area contributed by atoms with Gasteiger partial charge in [-0.2, -0.15) is 0 Å². The fourth-order valence-electron chi connectivity index (χ4n) is 2.98. The van der Waals surface area contributed by atoms with Crippen molar-refractivity contribution in [2.24, 2.45) is 5.92 Å². The number of hydrogen-bond donors (Lipinski definition) is 1. The molecule has 25 heavy (non-hydrogen) atoms. The van der Waals surface area contributed by atoms with E-state index in [4.69, 9.17) is 0 Å². The second-order valence-corrected chi connectivity index (χ2v) is 7.06. The summed E-state index contributed by atoms with van der Waals surface area (Å²) in [4.78, 5) is 26.1. The SMILES string of the molecule is C[C@H](NC(=O)[C@H]1CC(=O)N(c2ccccc2F)C1)c1cccc(Br)c1. The number of benzene rings is 2. The minimum absolute atomic E-state index is 0.0887. The molecule has 0 bridgehead atoms. The molecule has 1 aliphatic heterocycles. The Labute approximate surface area is 154 Å². The lowest BCUT2D eigenvalue weighted by molar-refractivity contribution is -0.126. The smallest absolute Gasteiger partial charge is 0.227 e. The molecule has 4 nitrogen and oxygen atoms in total. The minimum Gasteiger partial charge on any atom is -0.349 e. The summed E-state index contributed by atoms with van der Waals surface area (Å²) in [6, 6.07) is 13.6. The number of carbonyl (C=O) groups excluding carboxylic acids is 2. The number of carbonyl (C=O) groups is 2. The minimum atomic E-state index is -0.485. The van der Waals surface area contributed by atoms with Gasteiger partial charge < -0.3 is 10.2 Å². The van der Waals surface area contributed by atoms with Gasteiger partial charge in [-0.05, 0) is 36.8 Å². The van der Waals surface area contributed by atoms with E-state index in [9.17, 15) is 14.0 Å². The predicted molar refractivity (Wildman–Crippen MR) is 97.6 cm³/mol. The Kier molecular flexibility index (Phi) is 5.18. The highest BCUT2D eigenvalue weighted by Crippen LogP contribution is 2.28. The van der Waals surface area contributed by atoms with Crippen molar-refractivity contribution in [3.05, 3.63) is 64.4 Å². The Morgan fingerprint density at radius 1 is 1.28 bits per heavy atom. The Balaban J connectivity index is 1.68. The van der Waals surface area contributed by atoms with Gasteiger partial charge in [0.15, 0.2) is 0 Å². The average Bonchev–Trinajstić information content (AvgIpc) is 2.97. The van der Waals surface area contributed by atoms with Gasteiger partial charge in [-0.1, -0.05) is 40.2 Å². The number of halogens is 2. The number of anilines is 1. The quantitative estimate of drug-likeness (QED) is 0.841. The number of para-hydroxylation sites is 1. The Bertz CT molecular complexity index is 812. The summed E-state index contributed by atoms with van der Waals surface area (Å²) in [7, 11) is 0. The Morgan fingerprint density at radius 2 is 2.04 bits per heavy atom. The molecule has 1 saturated heterocycles. The van der Waals surface area contributed by atoms with Crippen LogP contribution in [-0.2, 0) is 9.59 Å². The van der Waals surface area contributed by atoms with Crippen molar-refractivity contribution in [1.82, 2.24) is 5.32 Å². The monoisotopic (exact) mass is 404 g/mol. The van der Waals surface area contributed by atoms with Gasteiger partial charge in [0.1, 0.15) is 5.82 Å². The Hall–Kier alpha value is -2.21. The second kappa shape index (κ2) is 7.35. The zero-order valence-corrected chi connectivity index (χ0v) is 15.3. The maximum atomic E-state index is 13.9. The van der Waals surface area contributed by atoms with Gasteiger partial charge >= 0.3 is 0 Å². The zero-order chi connectivity index (χ0) is 18.0. The fraction of sp³-hybridized carbons (Fsp3) is 0.263. The van der Waals surface area contributed by atoms with E-state index in [0.717, 1.165) is 10.0 Å². The number of nitrogens with one attached hydrogen (secondary N) is 1. The average molecular weight is 405 g/mol. The van der Waals surface area contributed by atoms with Crippen LogP contribution in [0.5, 0.6) is 0 Å². The first kappa shape index (κ1) is 17.6. The normalized spacial score (nSPS) is 18.3. The zero-order valence-electron chi connectivity index (χ0n) is 13.7. The number of hydrogen-bond acceptors (Lipinski definition) is 2. The van der Waals surface area contributed by atoms with E-state index in [1.165, 1.54) is 11.0 Å². The van der Waals surface area contributed by atoms with Crippen LogP contribution in [0, 0.1) is 11.7 Å². The fourth-order valence-corrected chi connectivity index (χ4v) is 3.39. The second-order valence-electron chi connectivity index (χ2n) is 6.14. The molecule has 0 unspecified atom stereocenters. The van der Waals surface area contributed by atoms with Crippen LogP contribution in [0.2, 0.25) is 0 Å². The van der Waals surface area contributed by atoms with E-state index < -0.39 is 11.7 Å². The van der Waals surface area contributed by atoms with Crippen molar-refractivity contribution in [2.75, 3.05) is 11.4 Å². The molecule has 3 rings (SSSR count). The first-order valence-corrected chi connectivity index (χ1v) is 8.85. The molecule has 0 saturated carbocycles. The van der Waals surface area contributed by atoms with Crippen molar-refractivity contribution < 1.29 is 14.0 Å². The van der Waals surface area contributed by atoms with Crippen LogP contribution >= 0.6 is 15.9 Å². The first-order chi connectivity index (χ1) is 12.0. The maximum Gasteiger partial charge on any atom is 0.227 e. The number of rotatable bonds is 4. The van der Waals surface area contributed by atoms with Crippen molar-refractivity contribution in [1.29, 1.82) is 0 Å². The summed E-state index contributed by atoms with van der Waals surface area (Å²) >= 11 is 3.41. The van der Waals surface area contributed by atoms with Gasteiger partial charge in [-0.3, -0.25) is 9.59 Å². The van der Waals surface area contributed by atoms with E-state index in [1.807, 2.05) is 31.2 Å². The molecule has 0 aromatic heterocycles. The number of nitrogens with zero attached hydrogens (tertiary/aromatic N) is 1. The van der Waals surface area contributed by atoms with Gasteiger partial charge in [0.25, 0.3) is 0 Å². The molecule has 2 aromatic carbocycles. The van der Waals surface area contributed by atoms with Crippen molar-refractivity contribution in [3.63, 3.8) is 0 Å². The molecular formula is C19H18BrFN2O2. The highest BCUT2D eigenvalue weighted by atomic mass is 79.9. The molecule has 2 amide bonds. The molecule has 130 valence electrons. The lowest BCUT2D eigenvalue weighted by atomic mass is 10.1. The van der Waals surface area contributed by atoms with Gasteiger partial charge in [0.2, 0.25) is 11.8 Å². The van der Waals surface area contributed by atoms with Crippen LogP contribution < -0.4 is 10.2 Å². The maximum absolute atomic E-state index is 13.9. The predicted octanol–water partition coefficient (Wildman–Crippen LogP) is 3.82. The lowest BCUT2D eigenvalue weighted by Gasteiger charge is -2.19. The highest BCUT2D eigenvalue weighted by molar-refractivity contribution is 9.10. The molecular weight excluding hydrogens is 387 g/mol. The largest absolute Gasteiger partial charge is 0.349 e. The third kappa shape index (κ3) is 3.90. The number of amides is 2. The summed E-state index contributed by atoms with van der Waals surface area (Å²) < 4.78 is 14.9. The van der Waals surface area contributed by atoms with E-state index >= 15 is 0 Å². The van der Waals surface area contributed by atoms with Gasteiger partial charge in [-0.25, -0.2) is 4.39 Å². The van der Waals surface area contributed by atoms with Crippen molar-refractivity contribution >= 4 is 33.4 Å². The molecule has 2 aromatic rings. The third-order valence-corrected chi connectivity index (χ3v) is 4.84. The Morgan fingerprint density at radius 3 is 2.76 bits per heavy atom. The summed E-state index contributed by atoms with van der Waals surface area (Å²) in [5.74, 6) is -1.37. The molecule has 1 N–H and O–H groups in total. The van der Waals surface area contributed by atoms with Crippen LogP contribution in [0.4, 0.5) is 10.1 Å². The van der Waals surface area contributed by atoms with Crippen LogP contribution in [0.3, 0.4) is 0 Å². The summed E-state index contributed by atoms with van der Waals surface area (Å²) in [5.41, 5.74) is 1.20. The molecule has 1 heterocycles. The molecule has 6 heteroatoms. The van der Waals surface area contributed by atoms with Gasteiger partial charge in [-0.15, -0.1) is 0 Å². The van der Waals surface area contributed by atoms with Crippen molar-refractivity contribution in [2.45, 2.75) is 19.4 Å². The van der Waals surface area contributed by atoms with Gasteiger partial charge in [0, 0.05) is 17.4 Å². The van der Waals surface area contributed by atoms with Gasteiger partial charge in [0.05, 0.1) is 17.6 Å². The topological polar surface area (TPSA) is 49.4 Å². The lowest BCUT2D eigenvalue weighted by Crippen LogP contribution is -2.34. The van der Waals surface area contributed by atoms with E-state index in [1.54, 1.807) is 18.2 Å². The standard InChI is InChI=1S/C19H18BrFN2O2/c1-12(13-5-4-6-15(20)9-13)22-19(25)14-10-18(24)23(11-14)17-8-3-2-7-16(17)21/h2-9,12,14H,10-11H2,1H3,(H,22,25)/t12-,14-/m0/s1.